The molecule has 3 heteroatoms. The topological polar surface area (TPSA) is 37.0 Å². The van der Waals surface area contributed by atoms with Crippen LogP contribution in [0, 0.1) is 0 Å². The van der Waals surface area contributed by atoms with Crippen molar-refractivity contribution in [2.45, 2.75) is 12.5 Å². The lowest BCUT2D eigenvalue weighted by molar-refractivity contribution is 0.416. The van der Waals surface area contributed by atoms with E-state index >= 15 is 0 Å². The Morgan fingerprint density at radius 2 is 2.46 bits per heavy atom. The fourth-order valence-corrected chi connectivity index (χ4v) is 1.66. The number of piperazine rings is 1. The van der Waals surface area contributed by atoms with Crippen LogP contribution in [0.5, 0.6) is 0 Å². The summed E-state index contributed by atoms with van der Waals surface area (Å²) in [5.41, 5.74) is 1.31. The van der Waals surface area contributed by atoms with E-state index in [0.717, 1.165) is 26.1 Å². The van der Waals surface area contributed by atoms with Crippen molar-refractivity contribution in [2.75, 3.05) is 19.6 Å². The Bertz CT molecular complexity index is 242. The zero-order chi connectivity index (χ0) is 8.93. The molecule has 13 heavy (non-hydrogen) atoms. The molecule has 1 atom stereocenters. The molecule has 0 amide bonds. The molecule has 1 aromatic rings. The van der Waals surface area contributed by atoms with Crippen LogP contribution >= 0.6 is 0 Å². The Balaban J connectivity index is 1.90. The lowest BCUT2D eigenvalue weighted by atomic mass is 10.1. The molecule has 1 fully saturated rings. The highest BCUT2D eigenvalue weighted by Gasteiger charge is 2.11. The van der Waals surface area contributed by atoms with Gasteiger partial charge in [0.1, 0.15) is 0 Å². The summed E-state index contributed by atoms with van der Waals surface area (Å²) in [6.07, 6.45) is 4.83. The van der Waals surface area contributed by atoms with E-state index in [2.05, 4.69) is 21.7 Å². The third kappa shape index (κ3) is 2.50. The summed E-state index contributed by atoms with van der Waals surface area (Å²) in [4.78, 5) is 4.10. The minimum atomic E-state index is 0.568. The standard InChI is InChI=1S/C10H15N3/c1-2-9(7-11-3-1)6-10-8-12-4-5-13-10/h1-3,7,10,12-13H,4-6,8H2/t10-/m0/s1. The molecule has 70 valence electrons. The first-order chi connectivity index (χ1) is 6.45. The predicted octanol–water partition coefficient (Wildman–Crippen LogP) is 0.185. The maximum atomic E-state index is 4.10. The molecule has 2 rings (SSSR count). The summed E-state index contributed by atoms with van der Waals surface area (Å²) >= 11 is 0. The zero-order valence-electron chi connectivity index (χ0n) is 7.66. The first-order valence-corrected chi connectivity index (χ1v) is 4.78. The molecule has 0 aliphatic carbocycles. The van der Waals surface area contributed by atoms with Crippen molar-refractivity contribution in [3.05, 3.63) is 30.1 Å². The average molecular weight is 177 g/mol. The minimum Gasteiger partial charge on any atom is -0.314 e. The summed E-state index contributed by atoms with van der Waals surface area (Å²) in [6.45, 7) is 3.23. The van der Waals surface area contributed by atoms with Gasteiger partial charge in [-0.25, -0.2) is 0 Å². The van der Waals surface area contributed by atoms with Gasteiger partial charge in [0, 0.05) is 38.1 Å². The molecule has 1 aliphatic heterocycles. The Hall–Kier alpha value is -0.930. The van der Waals surface area contributed by atoms with E-state index in [9.17, 15) is 0 Å². The van der Waals surface area contributed by atoms with E-state index in [1.807, 2.05) is 18.5 Å². The molecule has 2 heterocycles. The van der Waals surface area contributed by atoms with Crippen molar-refractivity contribution in [2.24, 2.45) is 0 Å². The van der Waals surface area contributed by atoms with Crippen LogP contribution < -0.4 is 10.6 Å². The molecule has 2 N–H and O–H groups in total. The second-order valence-corrected chi connectivity index (χ2v) is 3.42. The number of rotatable bonds is 2. The Kier molecular flexibility index (Phi) is 2.90. The van der Waals surface area contributed by atoms with Crippen molar-refractivity contribution in [3.63, 3.8) is 0 Å². The van der Waals surface area contributed by atoms with Crippen molar-refractivity contribution in [1.29, 1.82) is 0 Å². The molecule has 1 aliphatic rings. The molecule has 0 spiro atoms. The fourth-order valence-electron chi connectivity index (χ4n) is 1.66. The van der Waals surface area contributed by atoms with E-state index in [1.165, 1.54) is 5.56 Å². The molecule has 1 aromatic heterocycles. The number of nitrogens with zero attached hydrogens (tertiary/aromatic N) is 1. The van der Waals surface area contributed by atoms with Crippen LogP contribution in [0.1, 0.15) is 5.56 Å². The largest absolute Gasteiger partial charge is 0.314 e. The van der Waals surface area contributed by atoms with E-state index in [1.54, 1.807) is 0 Å². The maximum Gasteiger partial charge on any atom is 0.0300 e. The molecule has 3 nitrogen and oxygen atoms in total. The first kappa shape index (κ1) is 8.66. The molecule has 1 saturated heterocycles. The second kappa shape index (κ2) is 4.35. The van der Waals surface area contributed by atoms with Gasteiger partial charge in [0.2, 0.25) is 0 Å². The van der Waals surface area contributed by atoms with Gasteiger partial charge < -0.3 is 10.6 Å². The molecule has 0 bridgehead atoms. The summed E-state index contributed by atoms with van der Waals surface area (Å²) in [6, 6.07) is 4.69. The SMILES string of the molecule is c1cncc(C[C@H]2CNCCN2)c1. The summed E-state index contributed by atoms with van der Waals surface area (Å²) in [7, 11) is 0. The zero-order valence-corrected chi connectivity index (χ0v) is 7.66. The highest BCUT2D eigenvalue weighted by Crippen LogP contribution is 2.01. The van der Waals surface area contributed by atoms with Gasteiger partial charge in [0.25, 0.3) is 0 Å². The Morgan fingerprint density at radius 3 is 3.15 bits per heavy atom. The predicted molar refractivity (Wildman–Crippen MR) is 52.6 cm³/mol. The molecule has 0 radical (unpaired) electrons. The van der Waals surface area contributed by atoms with Gasteiger partial charge in [-0.05, 0) is 18.1 Å². The Morgan fingerprint density at radius 1 is 1.46 bits per heavy atom. The van der Waals surface area contributed by atoms with Crippen molar-refractivity contribution < 1.29 is 0 Å². The van der Waals surface area contributed by atoms with Gasteiger partial charge >= 0.3 is 0 Å². The lowest BCUT2D eigenvalue weighted by Gasteiger charge is -2.24. The van der Waals surface area contributed by atoms with E-state index in [0.29, 0.717) is 6.04 Å². The quantitative estimate of drug-likeness (QED) is 0.677. The van der Waals surface area contributed by atoms with Gasteiger partial charge in [-0.2, -0.15) is 0 Å². The van der Waals surface area contributed by atoms with Gasteiger partial charge in [0.05, 0.1) is 0 Å². The van der Waals surface area contributed by atoms with Crippen molar-refractivity contribution in [3.8, 4) is 0 Å². The number of pyridine rings is 1. The van der Waals surface area contributed by atoms with Gasteiger partial charge in [-0.3, -0.25) is 4.98 Å². The fraction of sp³-hybridized carbons (Fsp3) is 0.500. The highest BCUT2D eigenvalue weighted by molar-refractivity contribution is 5.10. The number of hydrogen-bond acceptors (Lipinski definition) is 3. The highest BCUT2D eigenvalue weighted by atomic mass is 15.0. The van der Waals surface area contributed by atoms with E-state index in [4.69, 9.17) is 0 Å². The normalized spacial score (nSPS) is 22.9. The lowest BCUT2D eigenvalue weighted by Crippen LogP contribution is -2.49. The average Bonchev–Trinajstić information content (AvgIpc) is 2.21. The minimum absolute atomic E-state index is 0.568. The summed E-state index contributed by atoms with van der Waals surface area (Å²) in [5.74, 6) is 0. The van der Waals surface area contributed by atoms with Crippen LogP contribution in [-0.2, 0) is 6.42 Å². The van der Waals surface area contributed by atoms with Crippen molar-refractivity contribution in [1.82, 2.24) is 15.6 Å². The van der Waals surface area contributed by atoms with Gasteiger partial charge in [-0.1, -0.05) is 6.07 Å². The van der Waals surface area contributed by atoms with Crippen LogP contribution in [0.15, 0.2) is 24.5 Å². The van der Waals surface area contributed by atoms with E-state index in [-0.39, 0.29) is 0 Å². The first-order valence-electron chi connectivity index (χ1n) is 4.78. The second-order valence-electron chi connectivity index (χ2n) is 3.42. The monoisotopic (exact) mass is 177 g/mol. The molecular weight excluding hydrogens is 162 g/mol. The molecule has 0 saturated carbocycles. The van der Waals surface area contributed by atoms with Crippen LogP contribution in [0.2, 0.25) is 0 Å². The van der Waals surface area contributed by atoms with Crippen LogP contribution in [0.4, 0.5) is 0 Å². The Labute approximate surface area is 78.6 Å². The molecular formula is C10H15N3. The van der Waals surface area contributed by atoms with Crippen LogP contribution in [-0.4, -0.2) is 30.7 Å². The van der Waals surface area contributed by atoms with Crippen LogP contribution in [0.25, 0.3) is 0 Å². The third-order valence-electron chi connectivity index (χ3n) is 2.33. The summed E-state index contributed by atoms with van der Waals surface area (Å²) in [5, 5.41) is 6.85. The van der Waals surface area contributed by atoms with Crippen LogP contribution in [0.3, 0.4) is 0 Å². The number of nitrogens with one attached hydrogen (secondary N) is 2. The van der Waals surface area contributed by atoms with E-state index < -0.39 is 0 Å². The van der Waals surface area contributed by atoms with Gasteiger partial charge in [-0.15, -0.1) is 0 Å². The molecule has 0 unspecified atom stereocenters. The summed E-state index contributed by atoms with van der Waals surface area (Å²) < 4.78 is 0. The number of hydrogen-bond donors (Lipinski definition) is 2. The van der Waals surface area contributed by atoms with Crippen molar-refractivity contribution >= 4 is 0 Å². The van der Waals surface area contributed by atoms with Gasteiger partial charge in [0.15, 0.2) is 0 Å². The smallest absolute Gasteiger partial charge is 0.0300 e. The molecule has 0 aromatic carbocycles. The number of aromatic nitrogens is 1. The maximum absolute atomic E-state index is 4.10. The third-order valence-corrected chi connectivity index (χ3v) is 2.33.